The standard InChI is InChI=1S/C26H39NO4/c1-7-11-19-12-10-13-21-20(19)14-15-22(23(21)28)30-17-9-8-16-26(5,6)18-27-24(29)31-25(2,3)4/h7,10,12-13,22H,1,8-9,11,14-18H2,2-6H3,(H,27,29). The highest BCUT2D eigenvalue weighted by molar-refractivity contribution is 6.02. The second-order valence-electron chi connectivity index (χ2n) is 10.2. The number of carbonyl (C=O) groups is 2. The summed E-state index contributed by atoms with van der Waals surface area (Å²) in [5.74, 6) is 0.106. The first-order valence-corrected chi connectivity index (χ1v) is 11.4. The molecule has 0 fully saturated rings. The lowest BCUT2D eigenvalue weighted by Crippen LogP contribution is -2.38. The summed E-state index contributed by atoms with van der Waals surface area (Å²) in [7, 11) is 0. The van der Waals surface area contributed by atoms with Gasteiger partial charge in [-0.25, -0.2) is 4.79 Å². The molecule has 1 amide bonds. The van der Waals surface area contributed by atoms with Gasteiger partial charge in [-0.2, -0.15) is 0 Å². The molecule has 31 heavy (non-hydrogen) atoms. The van der Waals surface area contributed by atoms with Crippen molar-refractivity contribution in [3.05, 3.63) is 47.5 Å². The summed E-state index contributed by atoms with van der Waals surface area (Å²) in [6.07, 6.45) is 6.40. The molecule has 0 saturated carbocycles. The van der Waals surface area contributed by atoms with E-state index in [0.717, 1.165) is 49.7 Å². The van der Waals surface area contributed by atoms with Gasteiger partial charge in [0.05, 0.1) is 0 Å². The Bertz CT molecular complexity index is 776. The lowest BCUT2D eigenvalue weighted by atomic mass is 9.85. The number of ketones is 1. The topological polar surface area (TPSA) is 64.6 Å². The van der Waals surface area contributed by atoms with E-state index in [1.54, 1.807) is 0 Å². The first-order chi connectivity index (χ1) is 14.5. The second kappa shape index (κ2) is 10.9. The van der Waals surface area contributed by atoms with E-state index in [9.17, 15) is 9.59 Å². The zero-order valence-electron chi connectivity index (χ0n) is 19.9. The van der Waals surface area contributed by atoms with Gasteiger partial charge in [0.25, 0.3) is 0 Å². The number of hydrogen-bond donors (Lipinski definition) is 1. The Hall–Kier alpha value is -2.14. The van der Waals surface area contributed by atoms with Gasteiger partial charge in [0.1, 0.15) is 11.7 Å². The van der Waals surface area contributed by atoms with Crippen molar-refractivity contribution >= 4 is 11.9 Å². The van der Waals surface area contributed by atoms with E-state index in [2.05, 4.69) is 31.8 Å². The number of alkyl carbamates (subject to hydrolysis) is 1. The Kier molecular flexibility index (Phi) is 8.87. The minimum absolute atomic E-state index is 0.0297. The highest BCUT2D eigenvalue weighted by Crippen LogP contribution is 2.27. The molecule has 1 aromatic carbocycles. The maximum Gasteiger partial charge on any atom is 0.407 e. The van der Waals surface area contributed by atoms with Crippen LogP contribution in [-0.2, 0) is 22.3 Å². The molecule has 0 radical (unpaired) electrons. The molecule has 0 spiro atoms. The highest BCUT2D eigenvalue weighted by atomic mass is 16.6. The number of allylic oxidation sites excluding steroid dienone is 1. The van der Waals surface area contributed by atoms with Crippen LogP contribution in [0.15, 0.2) is 30.9 Å². The maximum absolute atomic E-state index is 12.8. The van der Waals surface area contributed by atoms with Crippen LogP contribution in [0.5, 0.6) is 0 Å². The summed E-state index contributed by atoms with van der Waals surface area (Å²) in [5, 5.41) is 2.86. The van der Waals surface area contributed by atoms with Crippen LogP contribution in [0.4, 0.5) is 4.79 Å². The van der Waals surface area contributed by atoms with E-state index in [1.165, 1.54) is 5.56 Å². The molecule has 1 aliphatic rings. The van der Waals surface area contributed by atoms with Crippen molar-refractivity contribution < 1.29 is 19.1 Å². The van der Waals surface area contributed by atoms with Crippen molar-refractivity contribution in [3.63, 3.8) is 0 Å². The molecule has 2 rings (SSSR count). The van der Waals surface area contributed by atoms with E-state index >= 15 is 0 Å². The predicted octanol–water partition coefficient (Wildman–Crippen LogP) is 5.65. The van der Waals surface area contributed by atoms with Gasteiger partial charge in [0.2, 0.25) is 0 Å². The summed E-state index contributed by atoms with van der Waals surface area (Å²) in [6.45, 7) is 14.8. The summed E-state index contributed by atoms with van der Waals surface area (Å²) in [5.41, 5.74) is 2.64. The number of rotatable bonds is 10. The third-order valence-corrected chi connectivity index (χ3v) is 5.53. The molecule has 172 valence electrons. The lowest BCUT2D eigenvalue weighted by Gasteiger charge is -2.27. The Morgan fingerprint density at radius 2 is 1.97 bits per heavy atom. The molecule has 1 unspecified atom stereocenters. The number of carbonyl (C=O) groups excluding carboxylic acids is 2. The van der Waals surface area contributed by atoms with Crippen LogP contribution >= 0.6 is 0 Å². The Balaban J connectivity index is 1.72. The molecule has 1 aliphatic carbocycles. The molecule has 0 bridgehead atoms. The normalized spacial score (nSPS) is 16.5. The molecule has 0 heterocycles. The van der Waals surface area contributed by atoms with Gasteiger partial charge in [0, 0.05) is 18.7 Å². The van der Waals surface area contributed by atoms with Crippen molar-refractivity contribution in [1.29, 1.82) is 0 Å². The third-order valence-electron chi connectivity index (χ3n) is 5.53. The van der Waals surface area contributed by atoms with E-state index < -0.39 is 5.60 Å². The van der Waals surface area contributed by atoms with E-state index in [0.29, 0.717) is 13.2 Å². The average Bonchev–Trinajstić information content (AvgIpc) is 2.67. The maximum atomic E-state index is 12.8. The van der Waals surface area contributed by atoms with Crippen molar-refractivity contribution in [2.24, 2.45) is 5.41 Å². The number of unbranched alkanes of at least 4 members (excludes halogenated alkanes) is 1. The predicted molar refractivity (Wildman–Crippen MR) is 125 cm³/mol. The summed E-state index contributed by atoms with van der Waals surface area (Å²) >= 11 is 0. The number of nitrogens with one attached hydrogen (secondary N) is 1. The van der Waals surface area contributed by atoms with Crippen molar-refractivity contribution in [2.75, 3.05) is 13.2 Å². The molecule has 0 aliphatic heterocycles. The largest absolute Gasteiger partial charge is 0.444 e. The van der Waals surface area contributed by atoms with Crippen LogP contribution in [0, 0.1) is 5.41 Å². The highest BCUT2D eigenvalue weighted by Gasteiger charge is 2.29. The van der Waals surface area contributed by atoms with Crippen molar-refractivity contribution in [1.82, 2.24) is 5.32 Å². The van der Waals surface area contributed by atoms with Crippen LogP contribution in [-0.4, -0.2) is 36.7 Å². The Morgan fingerprint density at radius 1 is 1.23 bits per heavy atom. The fourth-order valence-corrected chi connectivity index (χ4v) is 3.89. The third kappa shape index (κ3) is 8.13. The Morgan fingerprint density at radius 3 is 2.65 bits per heavy atom. The average molecular weight is 430 g/mol. The van der Waals surface area contributed by atoms with Crippen LogP contribution < -0.4 is 5.32 Å². The monoisotopic (exact) mass is 429 g/mol. The molecule has 0 aromatic heterocycles. The molecule has 0 saturated heterocycles. The number of ether oxygens (including phenoxy) is 2. The second-order valence-corrected chi connectivity index (χ2v) is 10.2. The first-order valence-electron chi connectivity index (χ1n) is 11.4. The number of fused-ring (bicyclic) bond motifs is 1. The number of Topliss-reactive ketones (excluding diaryl/α,β-unsaturated/α-hetero) is 1. The van der Waals surface area contributed by atoms with Crippen molar-refractivity contribution in [3.8, 4) is 0 Å². The number of hydrogen-bond acceptors (Lipinski definition) is 4. The first kappa shape index (κ1) is 25.1. The summed E-state index contributed by atoms with van der Waals surface area (Å²) in [6, 6.07) is 5.94. The molecular weight excluding hydrogens is 390 g/mol. The smallest absolute Gasteiger partial charge is 0.407 e. The van der Waals surface area contributed by atoms with Crippen LogP contribution in [0.25, 0.3) is 0 Å². The van der Waals surface area contributed by atoms with Gasteiger partial charge in [-0.05, 0) is 69.4 Å². The molecule has 1 aromatic rings. The molecule has 1 N–H and O–H groups in total. The number of amides is 1. The SMILES string of the molecule is C=CCc1cccc2c1CCC(OCCCCC(C)(C)CNC(=O)OC(C)(C)C)C2=O. The Labute approximate surface area is 187 Å². The van der Waals surface area contributed by atoms with Crippen LogP contribution in [0.1, 0.15) is 81.8 Å². The minimum Gasteiger partial charge on any atom is -0.444 e. The summed E-state index contributed by atoms with van der Waals surface area (Å²) in [4.78, 5) is 24.7. The minimum atomic E-state index is -0.490. The van der Waals surface area contributed by atoms with Crippen LogP contribution in [0.3, 0.4) is 0 Å². The lowest BCUT2D eigenvalue weighted by molar-refractivity contribution is 0.0335. The number of benzene rings is 1. The molecule has 5 heteroatoms. The van der Waals surface area contributed by atoms with Gasteiger partial charge in [-0.15, -0.1) is 6.58 Å². The van der Waals surface area contributed by atoms with Gasteiger partial charge in [-0.1, -0.05) is 44.5 Å². The molecular formula is C26H39NO4. The zero-order chi connectivity index (χ0) is 23.1. The van der Waals surface area contributed by atoms with Crippen molar-refractivity contribution in [2.45, 2.75) is 84.8 Å². The quantitative estimate of drug-likeness (QED) is 0.385. The fraction of sp³-hybridized carbons (Fsp3) is 0.615. The van der Waals surface area contributed by atoms with Gasteiger partial charge >= 0.3 is 6.09 Å². The molecule has 5 nitrogen and oxygen atoms in total. The fourth-order valence-electron chi connectivity index (χ4n) is 3.89. The summed E-state index contributed by atoms with van der Waals surface area (Å²) < 4.78 is 11.3. The van der Waals surface area contributed by atoms with Gasteiger partial charge in [-0.3, -0.25) is 4.79 Å². The van der Waals surface area contributed by atoms with Gasteiger partial charge in [0.15, 0.2) is 5.78 Å². The van der Waals surface area contributed by atoms with E-state index in [-0.39, 0.29) is 23.4 Å². The van der Waals surface area contributed by atoms with E-state index in [4.69, 9.17) is 9.47 Å². The molecule has 1 atom stereocenters. The van der Waals surface area contributed by atoms with Gasteiger partial charge < -0.3 is 14.8 Å². The van der Waals surface area contributed by atoms with Crippen LogP contribution in [0.2, 0.25) is 0 Å². The van der Waals surface area contributed by atoms with E-state index in [1.807, 2.05) is 39.0 Å². The zero-order valence-corrected chi connectivity index (χ0v) is 19.9.